The highest BCUT2D eigenvalue weighted by molar-refractivity contribution is 6.32. The van der Waals surface area contributed by atoms with Gasteiger partial charge in [0.15, 0.2) is 0 Å². The van der Waals surface area contributed by atoms with Gasteiger partial charge in [0.25, 0.3) is 0 Å². The van der Waals surface area contributed by atoms with E-state index in [0.29, 0.717) is 28.0 Å². The number of aromatic nitrogens is 2. The van der Waals surface area contributed by atoms with Crippen LogP contribution in [0.25, 0.3) is 0 Å². The van der Waals surface area contributed by atoms with E-state index in [1.165, 1.54) is 6.33 Å². The maximum atomic E-state index is 6.15. The minimum Gasteiger partial charge on any atom is -0.495 e. The third kappa shape index (κ3) is 5.35. The molecule has 2 N–H and O–H groups in total. The van der Waals surface area contributed by atoms with Crippen molar-refractivity contribution < 1.29 is 14.2 Å². The Hall–Kier alpha value is -2.29. The molecule has 8 nitrogen and oxygen atoms in total. The molecule has 0 saturated carbocycles. The van der Waals surface area contributed by atoms with Crippen molar-refractivity contribution in [3.8, 4) is 11.5 Å². The quantitative estimate of drug-likeness (QED) is 0.708. The highest BCUT2D eigenvalue weighted by atomic mass is 35.5. The number of hydrogen-bond acceptors (Lipinski definition) is 8. The normalized spacial score (nSPS) is 14.6. The molecule has 1 fully saturated rings. The van der Waals surface area contributed by atoms with E-state index in [1.54, 1.807) is 26.4 Å². The number of methoxy groups -OCH3 is 2. The molecule has 0 atom stereocenters. The zero-order valence-electron chi connectivity index (χ0n) is 15.5. The molecule has 2 aromatic rings. The van der Waals surface area contributed by atoms with Crippen LogP contribution in [0.5, 0.6) is 11.5 Å². The number of nitrogens with one attached hydrogen (secondary N) is 2. The zero-order chi connectivity index (χ0) is 19.1. The SMILES string of the molecule is COc1cc(Nc2cc(NCCN3CCOCC3)ncn2)c(OC)cc1Cl. The minimum absolute atomic E-state index is 0.480. The first kappa shape index (κ1) is 19.5. The van der Waals surface area contributed by atoms with Crippen molar-refractivity contribution in [2.24, 2.45) is 0 Å². The van der Waals surface area contributed by atoms with Crippen molar-refractivity contribution in [2.45, 2.75) is 0 Å². The number of nitrogens with zero attached hydrogens (tertiary/aromatic N) is 3. The van der Waals surface area contributed by atoms with Crippen LogP contribution in [-0.4, -0.2) is 68.5 Å². The summed E-state index contributed by atoms with van der Waals surface area (Å²) in [5, 5.41) is 7.03. The average Bonchev–Trinajstić information content (AvgIpc) is 2.70. The van der Waals surface area contributed by atoms with Crippen LogP contribution in [0.1, 0.15) is 0 Å². The third-order valence-corrected chi connectivity index (χ3v) is 4.54. The van der Waals surface area contributed by atoms with E-state index >= 15 is 0 Å². The molecule has 0 unspecified atom stereocenters. The summed E-state index contributed by atoms with van der Waals surface area (Å²) in [6.07, 6.45) is 1.51. The van der Waals surface area contributed by atoms with Gasteiger partial charge in [0.2, 0.25) is 0 Å². The lowest BCUT2D eigenvalue weighted by atomic mass is 10.2. The largest absolute Gasteiger partial charge is 0.495 e. The topological polar surface area (TPSA) is 80.8 Å². The molecule has 0 radical (unpaired) electrons. The minimum atomic E-state index is 0.480. The zero-order valence-corrected chi connectivity index (χ0v) is 16.3. The van der Waals surface area contributed by atoms with Gasteiger partial charge in [-0.05, 0) is 0 Å². The first-order chi connectivity index (χ1) is 13.2. The predicted octanol–water partition coefficient (Wildman–Crippen LogP) is 2.63. The van der Waals surface area contributed by atoms with Gasteiger partial charge < -0.3 is 24.8 Å². The Kier molecular flexibility index (Phi) is 6.92. The third-order valence-electron chi connectivity index (χ3n) is 4.24. The maximum absolute atomic E-state index is 6.15. The average molecular weight is 394 g/mol. The Morgan fingerprint density at radius 3 is 2.56 bits per heavy atom. The molecule has 0 bridgehead atoms. The van der Waals surface area contributed by atoms with E-state index in [0.717, 1.165) is 45.2 Å². The Balaban J connectivity index is 1.63. The summed E-state index contributed by atoms with van der Waals surface area (Å²) in [5.41, 5.74) is 0.705. The molecule has 0 amide bonds. The van der Waals surface area contributed by atoms with Crippen molar-refractivity contribution >= 4 is 28.9 Å². The first-order valence-corrected chi connectivity index (χ1v) is 9.12. The molecule has 0 aliphatic carbocycles. The molecule has 1 aliphatic heterocycles. The van der Waals surface area contributed by atoms with Crippen LogP contribution in [0.2, 0.25) is 5.02 Å². The fourth-order valence-corrected chi connectivity index (χ4v) is 3.02. The van der Waals surface area contributed by atoms with Crippen LogP contribution in [0.4, 0.5) is 17.3 Å². The van der Waals surface area contributed by atoms with E-state index in [-0.39, 0.29) is 0 Å². The van der Waals surface area contributed by atoms with Gasteiger partial charge in [0.05, 0.1) is 38.1 Å². The van der Waals surface area contributed by atoms with Gasteiger partial charge >= 0.3 is 0 Å². The summed E-state index contributed by atoms with van der Waals surface area (Å²) in [4.78, 5) is 10.9. The van der Waals surface area contributed by atoms with Gasteiger partial charge in [0.1, 0.15) is 29.5 Å². The summed E-state index contributed by atoms with van der Waals surface area (Å²) in [6.45, 7) is 5.28. The lowest BCUT2D eigenvalue weighted by Gasteiger charge is -2.26. The summed E-state index contributed by atoms with van der Waals surface area (Å²) in [5.74, 6) is 2.54. The molecular formula is C18H24ClN5O3. The first-order valence-electron chi connectivity index (χ1n) is 8.74. The van der Waals surface area contributed by atoms with Gasteiger partial charge in [-0.15, -0.1) is 0 Å². The fourth-order valence-electron chi connectivity index (χ4n) is 2.79. The van der Waals surface area contributed by atoms with Gasteiger partial charge in [0, 0.05) is 44.4 Å². The molecule has 1 aromatic carbocycles. The Morgan fingerprint density at radius 2 is 1.81 bits per heavy atom. The highest BCUT2D eigenvalue weighted by Crippen LogP contribution is 2.37. The molecule has 3 rings (SSSR count). The van der Waals surface area contributed by atoms with Crippen molar-refractivity contribution in [1.29, 1.82) is 0 Å². The van der Waals surface area contributed by atoms with Crippen LogP contribution < -0.4 is 20.1 Å². The molecule has 27 heavy (non-hydrogen) atoms. The smallest absolute Gasteiger partial charge is 0.144 e. The van der Waals surface area contributed by atoms with E-state index in [2.05, 4.69) is 25.5 Å². The number of hydrogen-bond donors (Lipinski definition) is 2. The van der Waals surface area contributed by atoms with Crippen molar-refractivity contribution in [1.82, 2.24) is 14.9 Å². The van der Waals surface area contributed by atoms with E-state index in [9.17, 15) is 0 Å². The van der Waals surface area contributed by atoms with Gasteiger partial charge in [-0.1, -0.05) is 11.6 Å². The van der Waals surface area contributed by atoms with E-state index in [4.69, 9.17) is 25.8 Å². The van der Waals surface area contributed by atoms with Crippen molar-refractivity contribution in [3.63, 3.8) is 0 Å². The summed E-state index contributed by atoms with van der Waals surface area (Å²) in [6, 6.07) is 5.32. The Labute approximate surface area is 163 Å². The number of benzene rings is 1. The van der Waals surface area contributed by atoms with E-state index < -0.39 is 0 Å². The second-order valence-corrected chi connectivity index (χ2v) is 6.39. The molecule has 1 saturated heterocycles. The lowest BCUT2D eigenvalue weighted by Crippen LogP contribution is -2.39. The predicted molar refractivity (Wildman–Crippen MR) is 106 cm³/mol. The van der Waals surface area contributed by atoms with Gasteiger partial charge in [-0.3, -0.25) is 4.90 Å². The van der Waals surface area contributed by atoms with Crippen molar-refractivity contribution in [2.75, 3.05) is 64.2 Å². The summed E-state index contributed by atoms with van der Waals surface area (Å²) >= 11 is 6.15. The number of morpholine rings is 1. The van der Waals surface area contributed by atoms with E-state index in [1.807, 2.05) is 6.07 Å². The molecule has 1 aliphatic rings. The second kappa shape index (κ2) is 9.59. The molecule has 146 valence electrons. The number of halogens is 1. The molecule has 9 heteroatoms. The van der Waals surface area contributed by atoms with Crippen LogP contribution in [0, 0.1) is 0 Å². The highest BCUT2D eigenvalue weighted by Gasteiger charge is 2.12. The number of ether oxygens (including phenoxy) is 3. The second-order valence-electron chi connectivity index (χ2n) is 5.98. The van der Waals surface area contributed by atoms with Crippen LogP contribution >= 0.6 is 11.6 Å². The Bertz CT molecular complexity index is 756. The molecule has 1 aromatic heterocycles. The number of anilines is 3. The molecule has 2 heterocycles. The Morgan fingerprint density at radius 1 is 1.07 bits per heavy atom. The fraction of sp³-hybridized carbons (Fsp3) is 0.444. The molecular weight excluding hydrogens is 370 g/mol. The van der Waals surface area contributed by atoms with Crippen LogP contribution in [0.15, 0.2) is 24.5 Å². The monoisotopic (exact) mass is 393 g/mol. The number of rotatable bonds is 8. The maximum Gasteiger partial charge on any atom is 0.144 e. The standard InChI is InChI=1S/C18H24ClN5O3/c1-25-15-10-14(16(26-2)9-13(15)19)23-18-11-17(21-12-22-18)20-3-4-24-5-7-27-8-6-24/h9-12H,3-8H2,1-2H3,(H2,20,21,22,23). The molecule has 0 spiro atoms. The van der Waals surface area contributed by atoms with Gasteiger partial charge in [-0.25, -0.2) is 9.97 Å². The summed E-state index contributed by atoms with van der Waals surface area (Å²) < 4.78 is 16.0. The van der Waals surface area contributed by atoms with Crippen LogP contribution in [0.3, 0.4) is 0 Å². The van der Waals surface area contributed by atoms with Gasteiger partial charge in [-0.2, -0.15) is 0 Å². The van der Waals surface area contributed by atoms with Crippen LogP contribution in [-0.2, 0) is 4.74 Å². The summed E-state index contributed by atoms with van der Waals surface area (Å²) in [7, 11) is 3.15. The van der Waals surface area contributed by atoms with Crippen molar-refractivity contribution in [3.05, 3.63) is 29.5 Å². The lowest BCUT2D eigenvalue weighted by molar-refractivity contribution is 0.0398.